The summed E-state index contributed by atoms with van der Waals surface area (Å²) in [7, 11) is 0. The lowest BCUT2D eigenvalue weighted by atomic mass is 9.48. The Morgan fingerprint density at radius 1 is 0.573 bits per heavy atom. The predicted octanol–water partition coefficient (Wildman–Crippen LogP) is 9.46. The highest BCUT2D eigenvalue weighted by Crippen LogP contribution is 2.74. The summed E-state index contributed by atoms with van der Waals surface area (Å²) in [6.45, 7) is 17.9. The van der Waals surface area contributed by atoms with Crippen LogP contribution in [0.25, 0.3) is 10.9 Å². The third-order valence-electron chi connectivity index (χ3n) is 32.9. The van der Waals surface area contributed by atoms with Gasteiger partial charge in [0.1, 0.15) is 11.5 Å². The molecule has 3 saturated carbocycles. The Morgan fingerprint density at radius 2 is 1.09 bits per heavy atom. The van der Waals surface area contributed by atoms with Crippen LogP contribution in [0.5, 0.6) is 46.0 Å². The SMILES string of the molecule is CC(C)[C@@H](CN1CC[C@@](C)(c2cccc(O)c2)[C@@H](C)C1)NC(=O)[C@H]1Cc2ccc(O)cc2CN1.NC(N)=Nc1ccc2[nH]c3c(c2c1)C[C@@]1(O)[C@H]2Cc4ccc(O)c5c4[C@@]1(CCN2CC1CC1)C3O5.Oc1ccc2c3c1OC1c4[nH]c5c(c4C[C@@]4(O)[C@@H](C2)N(CC2CC2)CC[C@]314)C[C@@]1(O)[C@H]2Cc3ccc(O)c4c3[C@@]1(CN2CC1CC1)[C@H]5O4. The van der Waals surface area contributed by atoms with E-state index in [0.29, 0.717) is 91.1 Å². The molecule has 3 spiro atoms. The number of aromatic hydroxyl groups is 5. The van der Waals surface area contributed by atoms with Crippen molar-refractivity contribution in [1.82, 2.24) is 40.2 Å². The van der Waals surface area contributed by atoms with Crippen molar-refractivity contribution in [3.8, 4) is 46.0 Å². The lowest BCUT2D eigenvalue weighted by molar-refractivity contribution is -0.173. The zero-order valence-electron chi connectivity index (χ0n) is 67.2. The second kappa shape index (κ2) is 25.3. The van der Waals surface area contributed by atoms with Crippen LogP contribution in [0.15, 0.2) is 102 Å². The molecule has 6 bridgehead atoms. The molecule has 117 heavy (non-hydrogen) atoms. The zero-order valence-corrected chi connectivity index (χ0v) is 67.2. The van der Waals surface area contributed by atoms with E-state index >= 15 is 0 Å². The first-order valence-electron chi connectivity index (χ1n) is 43.6. The highest BCUT2D eigenvalue weighted by molar-refractivity contribution is 5.90. The number of aromatic nitrogens is 2. The number of hydrogen-bond acceptors (Lipinski definition) is 18. The van der Waals surface area contributed by atoms with E-state index in [0.717, 1.165) is 169 Å². The van der Waals surface area contributed by atoms with Gasteiger partial charge in [-0.2, -0.15) is 0 Å². The Kier molecular flexibility index (Phi) is 15.8. The molecular weight excluding hydrogens is 1480 g/mol. The van der Waals surface area contributed by atoms with Gasteiger partial charge in [-0.15, -0.1) is 0 Å². The summed E-state index contributed by atoms with van der Waals surface area (Å²) < 4.78 is 20.4. The van der Waals surface area contributed by atoms with Gasteiger partial charge in [0.2, 0.25) is 5.91 Å². The molecule has 612 valence electrons. The van der Waals surface area contributed by atoms with Crippen molar-refractivity contribution >= 4 is 28.5 Å². The number of H-pyrrole nitrogens is 2. The van der Waals surface area contributed by atoms with Crippen molar-refractivity contribution in [2.45, 2.75) is 224 Å². The summed E-state index contributed by atoms with van der Waals surface area (Å²) in [5.74, 6) is 5.59. The summed E-state index contributed by atoms with van der Waals surface area (Å²) in [6, 6.07) is 30.1. The standard InChI is InChI=1S/C39H41N3O6.C28H39N3O3.C27H29N5O3/c43-24-7-5-20-11-26-38(45)13-22-23-14-39(46)27-12-21-6-8-25(44)33-29(21)37(39,17-42(27)16-19-3-4-19)35(48-33)31(23)40-30(22)34-36(38,28(20)32(24)47-34)9-10-41(26)15-18-1-2-18;1-18(2)26(30-27(34)25-13-20-8-9-24(33)12-21(20)15-29-25)17-31-11-10-28(4,19(3)16-31)22-6-5-7-23(32)14-22;28-25(29)30-15-4-5-18-16(10-15)17-11-27(34)20-9-14-3-6-19(33)23-21(14)26(27,24(35-23)22(17)31-18)7-8-32(20)12-13-1-2-13/h5-8,18-19,26-27,34-35,40,43-46H,1-4,9-17H2;5-9,12,14,18-19,25-26,29,32-33H,10-11,13,15-17H2,1-4H3,(H,30,34);3-6,10,13,20,24,31,33-34H,1-2,7-9,11-12H2,(H4,28,29,30)/t26-,27-,34?,35+,36+,37+,38-,39-;19-,25+,26+,28+;20-,24?,26+,27-/m101/s1. The van der Waals surface area contributed by atoms with Crippen LogP contribution in [0.4, 0.5) is 5.69 Å². The highest BCUT2D eigenvalue weighted by Gasteiger charge is 2.79. The third-order valence-corrected chi connectivity index (χ3v) is 32.9. The number of aliphatic imine (C=N–C) groups is 1. The molecule has 25 rings (SSSR count). The van der Waals surface area contributed by atoms with E-state index in [4.69, 9.17) is 25.7 Å². The number of aromatic amines is 2. The highest BCUT2D eigenvalue weighted by atomic mass is 16.5. The molecule has 10 heterocycles. The molecular formula is C94H109N11O12. The summed E-state index contributed by atoms with van der Waals surface area (Å²) in [6.07, 6.45) is 13.2. The number of phenolic OH excluding ortho intramolecular Hbond substituents is 5. The van der Waals surface area contributed by atoms with E-state index in [1.807, 2.05) is 48.5 Å². The van der Waals surface area contributed by atoms with E-state index in [-0.39, 0.29) is 76.6 Å². The monoisotopic (exact) mass is 1580 g/mol. The van der Waals surface area contributed by atoms with E-state index in [9.17, 15) is 45.6 Å². The Morgan fingerprint density at radius 3 is 1.63 bits per heavy atom. The molecule has 23 nitrogen and oxygen atoms in total. The van der Waals surface area contributed by atoms with E-state index in [1.165, 1.54) is 60.8 Å². The summed E-state index contributed by atoms with van der Waals surface area (Å²) in [5, 5.41) is 100. The van der Waals surface area contributed by atoms with Crippen LogP contribution in [0.1, 0.15) is 188 Å². The number of aliphatic hydroxyl groups is 3. The molecule has 7 fully saturated rings. The Bertz CT molecular complexity index is 5550. The minimum atomic E-state index is -1.09. The fraction of sp³-hybridized carbons (Fsp3) is 0.532. The van der Waals surface area contributed by atoms with Crippen LogP contribution < -0.4 is 36.3 Å². The van der Waals surface area contributed by atoms with Crippen molar-refractivity contribution in [2.75, 3.05) is 58.9 Å². The number of piperidine rings is 3. The number of benzene rings is 6. The van der Waals surface area contributed by atoms with Gasteiger partial charge in [0.05, 0.1) is 61.9 Å². The number of nitrogens with two attached hydrogens (primary N) is 2. The van der Waals surface area contributed by atoms with Gasteiger partial charge in [-0.25, -0.2) is 4.99 Å². The number of nitrogens with zero attached hydrogens (tertiary/aromatic N) is 5. The first-order valence-corrected chi connectivity index (χ1v) is 43.6. The van der Waals surface area contributed by atoms with Crippen LogP contribution in [-0.2, 0) is 77.9 Å². The molecule has 6 aromatic carbocycles. The largest absolute Gasteiger partial charge is 0.508 e. The molecule has 16 atom stereocenters. The molecule has 0 radical (unpaired) electrons. The second-order valence-electron chi connectivity index (χ2n) is 39.5. The van der Waals surface area contributed by atoms with Crippen LogP contribution in [0.3, 0.4) is 0 Å². The Labute approximate surface area is 680 Å². The molecule has 8 aliphatic heterocycles. The number of fused-ring (bicyclic) bond motifs is 10. The molecule has 16 N–H and O–H groups in total. The van der Waals surface area contributed by atoms with Crippen LogP contribution in [0, 0.1) is 29.6 Å². The van der Waals surface area contributed by atoms with Crippen LogP contribution in [0.2, 0.25) is 0 Å². The topological polar surface area (TPSA) is 340 Å². The maximum atomic E-state index is 13.4. The predicted molar refractivity (Wildman–Crippen MR) is 439 cm³/mol. The second-order valence-corrected chi connectivity index (χ2v) is 39.5. The van der Waals surface area contributed by atoms with Crippen molar-refractivity contribution < 1.29 is 59.9 Å². The van der Waals surface area contributed by atoms with E-state index < -0.39 is 45.3 Å². The normalized spacial score (nSPS) is 34.3. The number of phenols is 5. The summed E-state index contributed by atoms with van der Waals surface area (Å²) in [5.41, 5.74) is 23.9. The maximum Gasteiger partial charge on any atom is 0.237 e. The van der Waals surface area contributed by atoms with Gasteiger partial charge in [0.15, 0.2) is 58.8 Å². The Hall–Kier alpha value is -9.04. The van der Waals surface area contributed by atoms with E-state index in [2.05, 4.69) is 85.0 Å². The minimum absolute atomic E-state index is 0.00457. The fourth-order valence-electron chi connectivity index (χ4n) is 26.4. The van der Waals surface area contributed by atoms with Crippen molar-refractivity contribution in [3.63, 3.8) is 0 Å². The van der Waals surface area contributed by atoms with Crippen LogP contribution >= 0.6 is 0 Å². The van der Waals surface area contributed by atoms with Gasteiger partial charge in [-0.1, -0.05) is 64.1 Å². The third kappa shape index (κ3) is 10.3. The van der Waals surface area contributed by atoms with Crippen molar-refractivity contribution in [3.05, 3.63) is 181 Å². The summed E-state index contributed by atoms with van der Waals surface area (Å²) in [4.78, 5) is 35.0. The molecule has 2 unspecified atom stereocenters. The molecule has 17 aliphatic rings. The average Bonchev–Trinajstić information content (AvgIpc) is 1.49. The number of nitrogens with one attached hydrogen (secondary N) is 4. The van der Waals surface area contributed by atoms with Crippen LogP contribution in [-0.4, -0.2) is 188 Å². The number of carbonyl (C=O) groups excluding carboxylic acids is 1. The molecule has 9 aliphatic carbocycles. The first-order chi connectivity index (χ1) is 56.3. The van der Waals surface area contributed by atoms with Gasteiger partial charge in [-0.05, 0) is 249 Å². The molecule has 2 aromatic heterocycles. The van der Waals surface area contributed by atoms with Gasteiger partial charge in [-0.3, -0.25) is 19.5 Å². The molecule has 8 aromatic rings. The molecule has 23 heteroatoms. The number of ether oxygens (including phenoxy) is 3. The van der Waals surface area contributed by atoms with Gasteiger partial charge < -0.3 is 92.0 Å². The minimum Gasteiger partial charge on any atom is -0.508 e. The first kappa shape index (κ1) is 73.1. The van der Waals surface area contributed by atoms with E-state index in [1.54, 1.807) is 36.4 Å². The number of rotatable bonds is 13. The number of amides is 1. The number of carbonyl (C=O) groups is 1. The maximum absolute atomic E-state index is 13.4. The molecule has 1 amide bonds. The Balaban J connectivity index is 0.000000106. The smallest absolute Gasteiger partial charge is 0.237 e. The van der Waals surface area contributed by atoms with Gasteiger partial charge in [0.25, 0.3) is 0 Å². The summed E-state index contributed by atoms with van der Waals surface area (Å²) >= 11 is 0. The van der Waals surface area contributed by atoms with Gasteiger partial charge >= 0.3 is 0 Å². The number of likely N-dealkylation sites (tertiary alicyclic amines) is 4. The number of guanidine groups is 1. The van der Waals surface area contributed by atoms with Crippen molar-refractivity contribution in [1.29, 1.82) is 0 Å². The lowest BCUT2D eigenvalue weighted by Gasteiger charge is -2.63. The van der Waals surface area contributed by atoms with Gasteiger partial charge in [0, 0.05) is 117 Å². The fourth-order valence-corrected chi connectivity index (χ4v) is 26.4. The lowest BCUT2D eigenvalue weighted by Crippen LogP contribution is -2.74. The number of hydrogen-bond donors (Lipinski definition) is 14. The van der Waals surface area contributed by atoms with Crippen molar-refractivity contribution in [2.24, 2.45) is 46.0 Å². The molecule has 4 saturated heterocycles. The average molecular weight is 1580 g/mol. The zero-order chi connectivity index (χ0) is 79.8. The quantitative estimate of drug-likeness (QED) is 0.0377.